The molecule has 2 spiro atoms. The number of nitrogens with one attached hydrogen (secondary N) is 4. The summed E-state index contributed by atoms with van der Waals surface area (Å²) in [4.78, 5) is 72.8. The number of nitrogens with zero attached hydrogens (tertiary/aromatic N) is 2. The van der Waals surface area contributed by atoms with E-state index in [4.69, 9.17) is 9.47 Å². The zero-order valence-electron chi connectivity index (χ0n) is 33.1. The molecule has 2 aromatic rings. The molecule has 3 saturated carbocycles. The summed E-state index contributed by atoms with van der Waals surface area (Å²) in [5.74, 6) is -2.55. The Hall–Kier alpha value is -4.93. The van der Waals surface area contributed by atoms with Crippen molar-refractivity contribution in [2.24, 2.45) is 5.41 Å². The van der Waals surface area contributed by atoms with Crippen LogP contribution in [0, 0.1) is 11.2 Å². The number of anilines is 1. The van der Waals surface area contributed by atoms with Crippen LogP contribution in [0.4, 0.5) is 19.7 Å². The third-order valence-electron chi connectivity index (χ3n) is 13.3. The Kier molecular flexibility index (Phi) is 11.5. The normalized spacial score (nSPS) is 28.3. The van der Waals surface area contributed by atoms with Crippen LogP contribution in [0.2, 0.25) is 0 Å². The number of amides is 5. The molecule has 3 heterocycles. The van der Waals surface area contributed by atoms with Crippen molar-refractivity contribution in [2.45, 2.75) is 144 Å². The molecule has 5 amide bonds. The molecule has 4 atom stereocenters. The van der Waals surface area contributed by atoms with E-state index in [1.54, 1.807) is 30.3 Å². The molecule has 0 radical (unpaired) electrons. The number of ether oxygens (including phenoxy) is 2. The van der Waals surface area contributed by atoms with Gasteiger partial charge in [-0.25, -0.2) is 27.1 Å². The second-order valence-electron chi connectivity index (χ2n) is 17.1. The Balaban J connectivity index is 1.07. The Morgan fingerprint density at radius 1 is 0.847 bits per heavy atom. The lowest BCUT2D eigenvalue weighted by molar-refractivity contribution is -0.141. The molecule has 15 nitrogen and oxygen atoms in total. The first-order chi connectivity index (χ1) is 28.4. The molecule has 2 aromatic carbocycles. The third-order valence-corrected chi connectivity index (χ3v) is 14.7. The number of benzene rings is 2. The van der Waals surface area contributed by atoms with E-state index >= 15 is 0 Å². The lowest BCUT2D eigenvalue weighted by atomic mass is 9.77. The average molecular weight is 837 g/mol. The van der Waals surface area contributed by atoms with E-state index in [1.807, 2.05) is 0 Å². The van der Waals surface area contributed by atoms with Gasteiger partial charge in [0.2, 0.25) is 11.8 Å². The first-order valence-corrected chi connectivity index (χ1v) is 22.6. The number of carbonyl (C=O) groups is 5. The van der Waals surface area contributed by atoms with E-state index < -0.39 is 74.9 Å². The van der Waals surface area contributed by atoms with Gasteiger partial charge in [-0.2, -0.15) is 0 Å². The van der Waals surface area contributed by atoms with E-state index in [0.29, 0.717) is 42.6 Å². The minimum atomic E-state index is -4.39. The van der Waals surface area contributed by atoms with Crippen molar-refractivity contribution in [2.75, 3.05) is 18.4 Å². The van der Waals surface area contributed by atoms with E-state index in [2.05, 4.69) is 20.7 Å². The van der Waals surface area contributed by atoms with E-state index in [-0.39, 0.29) is 49.9 Å². The Labute approximate surface area is 343 Å². The number of fused-ring (bicyclic) bond motifs is 4. The van der Waals surface area contributed by atoms with Crippen LogP contribution >= 0.6 is 0 Å². The number of hydrogen-bond donors (Lipinski definition) is 4. The zero-order valence-corrected chi connectivity index (χ0v) is 34.0. The van der Waals surface area contributed by atoms with Crippen LogP contribution in [0.3, 0.4) is 0 Å². The van der Waals surface area contributed by atoms with E-state index in [9.17, 15) is 36.8 Å². The van der Waals surface area contributed by atoms with Crippen molar-refractivity contribution in [3.05, 3.63) is 59.4 Å². The predicted molar refractivity (Wildman–Crippen MR) is 211 cm³/mol. The van der Waals surface area contributed by atoms with Crippen LogP contribution in [0.1, 0.15) is 107 Å². The standard InChI is InChI=1S/C42H53FN6O9S/c43-31-15-10-12-27-23-48(25-30(27)31)40(54)58-29-22-34-36(50)46-42(26-41(42)19-11-20-41)38(52)47-59(55,56)35-18-8-7-16-32(35)44-21-9-3-1-2-4-17-33(37(51)49(34)24-29)45-39(53)57-28-13-5-6-14-28/h7-8,10,12,15-16,18,28-29,33-34,44H,1-6,9,11,13-14,17,19-26H2,(H,45,53)(H,46,50)(H,47,52)/t29-,33+,34+,42?/m1/s1. The van der Waals surface area contributed by atoms with Gasteiger partial charge >= 0.3 is 12.2 Å². The van der Waals surface area contributed by atoms with Gasteiger partial charge in [-0.1, -0.05) is 56.4 Å². The zero-order chi connectivity index (χ0) is 41.4. The Morgan fingerprint density at radius 3 is 2.34 bits per heavy atom. The number of sulfonamides is 1. The lowest BCUT2D eigenvalue weighted by Crippen LogP contribution is -2.59. The fourth-order valence-electron chi connectivity index (χ4n) is 9.75. The monoisotopic (exact) mass is 836 g/mol. The van der Waals surface area contributed by atoms with E-state index in [0.717, 1.165) is 57.8 Å². The molecule has 4 fully saturated rings. The smallest absolute Gasteiger partial charge is 0.410 e. The molecule has 17 heteroatoms. The molecule has 0 aromatic heterocycles. The number of alkyl carbamates (subject to hydrolysis) is 1. The van der Waals surface area contributed by atoms with Gasteiger partial charge in [0, 0.05) is 30.5 Å². The molecule has 3 aliphatic heterocycles. The highest BCUT2D eigenvalue weighted by Crippen LogP contribution is 2.68. The predicted octanol–water partition coefficient (Wildman–Crippen LogP) is 4.99. The van der Waals surface area contributed by atoms with Crippen molar-refractivity contribution in [3.8, 4) is 0 Å². The first-order valence-electron chi connectivity index (χ1n) is 21.1. The minimum Gasteiger partial charge on any atom is -0.446 e. The maximum Gasteiger partial charge on any atom is 0.410 e. The van der Waals surface area contributed by atoms with Crippen molar-refractivity contribution in [1.82, 2.24) is 25.2 Å². The number of hydrogen-bond acceptors (Lipinski definition) is 10. The topological polar surface area (TPSA) is 193 Å². The number of halogens is 1. The first kappa shape index (κ1) is 40.8. The Morgan fingerprint density at radius 2 is 1.59 bits per heavy atom. The van der Waals surface area contributed by atoms with Gasteiger partial charge in [0.15, 0.2) is 0 Å². The van der Waals surface area contributed by atoms with Gasteiger partial charge in [-0.05, 0) is 81.5 Å². The Bertz CT molecular complexity index is 2090. The second-order valence-corrected chi connectivity index (χ2v) is 18.8. The third kappa shape index (κ3) is 8.31. The summed E-state index contributed by atoms with van der Waals surface area (Å²) < 4.78 is 56.1. The van der Waals surface area contributed by atoms with Gasteiger partial charge in [0.25, 0.3) is 15.9 Å². The molecule has 3 aliphatic carbocycles. The van der Waals surface area contributed by atoms with Crippen LogP contribution in [0.15, 0.2) is 47.4 Å². The van der Waals surface area contributed by atoms with Crippen molar-refractivity contribution < 1.29 is 46.3 Å². The lowest BCUT2D eigenvalue weighted by Gasteiger charge is -2.34. The molecule has 318 valence electrons. The number of carbonyl (C=O) groups excluding carboxylic acids is 5. The molecule has 8 rings (SSSR count). The van der Waals surface area contributed by atoms with Gasteiger partial charge in [0.1, 0.15) is 40.5 Å². The highest BCUT2D eigenvalue weighted by Gasteiger charge is 2.75. The highest BCUT2D eigenvalue weighted by molar-refractivity contribution is 7.90. The summed E-state index contributed by atoms with van der Waals surface area (Å²) >= 11 is 0. The van der Waals surface area contributed by atoms with Crippen molar-refractivity contribution in [3.63, 3.8) is 0 Å². The second kappa shape index (κ2) is 16.6. The van der Waals surface area contributed by atoms with E-state index in [1.165, 1.54) is 21.9 Å². The SMILES string of the molecule is O=C(N[C@H]1CCCCCCCNc2ccccc2S(=O)(=O)NC(=O)C2(CC23CCC3)NC(=O)[C@@H]2C[C@@H](OC(=O)N3Cc4cccc(F)c4C3)CN2C1=O)OC1CCCC1. The molecule has 59 heavy (non-hydrogen) atoms. The quantitative estimate of drug-likeness (QED) is 0.328. The summed E-state index contributed by atoms with van der Waals surface area (Å²) in [7, 11) is -4.39. The summed E-state index contributed by atoms with van der Waals surface area (Å²) in [6.07, 6.45) is 6.73. The molecule has 1 unspecified atom stereocenters. The van der Waals surface area contributed by atoms with Crippen LogP contribution in [0.5, 0.6) is 0 Å². The van der Waals surface area contributed by atoms with Gasteiger partial charge < -0.3 is 30.3 Å². The van der Waals surface area contributed by atoms with Crippen LogP contribution in [-0.2, 0) is 47.0 Å². The maximum absolute atomic E-state index is 14.7. The van der Waals surface area contributed by atoms with Crippen LogP contribution in [-0.4, -0.2) is 91.0 Å². The summed E-state index contributed by atoms with van der Waals surface area (Å²) in [5.41, 5.74) is -0.802. The van der Waals surface area contributed by atoms with Crippen molar-refractivity contribution >= 4 is 45.6 Å². The molecule has 6 aliphatic rings. The summed E-state index contributed by atoms with van der Waals surface area (Å²) in [5, 5.41) is 8.89. The maximum atomic E-state index is 14.7. The van der Waals surface area contributed by atoms with Crippen LogP contribution < -0.4 is 20.7 Å². The molecule has 0 bridgehead atoms. The highest BCUT2D eigenvalue weighted by atomic mass is 32.2. The van der Waals surface area contributed by atoms with Crippen LogP contribution in [0.25, 0.3) is 0 Å². The number of rotatable bonds is 3. The fraction of sp³-hybridized carbons (Fsp3) is 0.595. The molecular weight excluding hydrogens is 784 g/mol. The average Bonchev–Trinajstić information content (AvgIpc) is 3.62. The fourth-order valence-corrected chi connectivity index (χ4v) is 11.0. The van der Waals surface area contributed by atoms with Gasteiger partial charge in [-0.3, -0.25) is 19.3 Å². The van der Waals surface area contributed by atoms with Gasteiger partial charge in [0.05, 0.1) is 18.8 Å². The van der Waals surface area contributed by atoms with Crippen molar-refractivity contribution in [1.29, 1.82) is 0 Å². The largest absolute Gasteiger partial charge is 0.446 e. The molecule has 4 N–H and O–H groups in total. The molecular formula is C42H53FN6O9S. The summed E-state index contributed by atoms with van der Waals surface area (Å²) in [6, 6.07) is 8.70. The minimum absolute atomic E-state index is 0.00161. The number of para-hydroxylation sites is 1. The summed E-state index contributed by atoms with van der Waals surface area (Å²) in [6.45, 7) is 0.431. The molecule has 1 saturated heterocycles. The van der Waals surface area contributed by atoms with Gasteiger partial charge in [-0.15, -0.1) is 0 Å².